The average molecular weight is 1020 g/mol. The number of piperidine rings is 1. The Morgan fingerprint density at radius 2 is 1.17 bits per heavy atom. The second kappa shape index (κ2) is 23.2. The van der Waals surface area contributed by atoms with Gasteiger partial charge in [-0.25, -0.2) is 0 Å². The highest BCUT2D eigenvalue weighted by Gasteiger charge is 2.37. The van der Waals surface area contributed by atoms with Gasteiger partial charge in [-0.1, -0.05) is 115 Å². The molecule has 366 valence electrons. The van der Waals surface area contributed by atoms with Gasteiger partial charge in [0.15, 0.2) is 0 Å². The van der Waals surface area contributed by atoms with Crippen LogP contribution >= 0.6 is 45.9 Å². The Morgan fingerprint density at radius 3 is 1.71 bits per heavy atom. The summed E-state index contributed by atoms with van der Waals surface area (Å²) in [5.74, 6) is -1.92. The molecular formula is C53H58Cl2N8O5S2. The van der Waals surface area contributed by atoms with Gasteiger partial charge in [0, 0.05) is 50.4 Å². The first-order chi connectivity index (χ1) is 33.8. The minimum Gasteiger partial charge on any atom is -0.393 e. The molecule has 4 aromatic carbocycles. The van der Waals surface area contributed by atoms with E-state index < -0.39 is 11.9 Å². The molecule has 2 aliphatic heterocycles. The Balaban J connectivity index is 0.792. The van der Waals surface area contributed by atoms with E-state index in [0.717, 1.165) is 88.7 Å². The molecule has 8 rings (SSSR count). The number of benzene rings is 4. The number of hydrogen-bond donors (Lipinski definition) is 0. The standard InChI is InChI=1S/C53H58Cl2N8O5S2/c1-6-8-22-62(48(64)41-14-10-12-16-44(41)54)52-58-56-46(69-52)38-27-34(4)43(35(5)28-38)32-61-30-39(31-61)51(67)68-50(66)37-20-24-60(25-21-37)29-36-18-19-40(33(3)26-36)47-57-59-53(70-47)63(23-9-7-2)49(65)42-15-11-13-17-45(42)55/h10-19,26-28,37,39H,6-9,20-25,29-32H2,1-5H3. The minimum atomic E-state index is -0.445. The summed E-state index contributed by atoms with van der Waals surface area (Å²) in [7, 11) is 0. The number of rotatable bonds is 18. The van der Waals surface area contributed by atoms with E-state index in [1.54, 1.807) is 58.3 Å². The number of halogens is 2. The van der Waals surface area contributed by atoms with Crippen molar-refractivity contribution in [1.29, 1.82) is 0 Å². The third kappa shape index (κ3) is 11.8. The number of likely N-dealkylation sites (tertiary alicyclic amines) is 2. The van der Waals surface area contributed by atoms with Crippen molar-refractivity contribution in [2.45, 2.75) is 86.2 Å². The smallest absolute Gasteiger partial charge is 0.319 e. The maximum atomic E-state index is 13.6. The summed E-state index contributed by atoms with van der Waals surface area (Å²) >= 11 is 15.6. The Bertz CT molecular complexity index is 2830. The fourth-order valence-corrected chi connectivity index (χ4v) is 11.2. The van der Waals surface area contributed by atoms with E-state index in [2.05, 4.69) is 95.1 Å². The quantitative estimate of drug-likeness (QED) is 0.0600. The molecule has 17 heteroatoms. The molecule has 13 nitrogen and oxygen atoms in total. The molecule has 6 aromatic rings. The lowest BCUT2D eigenvalue weighted by atomic mass is 9.94. The van der Waals surface area contributed by atoms with E-state index in [-0.39, 0.29) is 23.7 Å². The van der Waals surface area contributed by atoms with Crippen LogP contribution in [0.5, 0.6) is 0 Å². The van der Waals surface area contributed by atoms with Gasteiger partial charge < -0.3 is 4.74 Å². The van der Waals surface area contributed by atoms with Gasteiger partial charge in [-0.2, -0.15) is 0 Å². The van der Waals surface area contributed by atoms with Gasteiger partial charge in [0.1, 0.15) is 10.0 Å². The van der Waals surface area contributed by atoms with Gasteiger partial charge in [0.25, 0.3) is 11.8 Å². The lowest BCUT2D eigenvalue weighted by Gasteiger charge is -2.38. The first-order valence-electron chi connectivity index (χ1n) is 24.0. The lowest BCUT2D eigenvalue weighted by Crippen LogP contribution is -2.51. The van der Waals surface area contributed by atoms with Crippen LogP contribution in [-0.2, 0) is 27.4 Å². The monoisotopic (exact) mass is 1020 g/mol. The van der Waals surface area contributed by atoms with Crippen LogP contribution in [0.1, 0.15) is 101 Å². The van der Waals surface area contributed by atoms with Gasteiger partial charge >= 0.3 is 11.9 Å². The van der Waals surface area contributed by atoms with E-state index >= 15 is 0 Å². The number of carbonyl (C=O) groups is 4. The van der Waals surface area contributed by atoms with Crippen molar-refractivity contribution in [2.75, 3.05) is 49.1 Å². The van der Waals surface area contributed by atoms with Crippen LogP contribution in [0.25, 0.3) is 21.1 Å². The molecular weight excluding hydrogens is 964 g/mol. The van der Waals surface area contributed by atoms with Crippen molar-refractivity contribution in [1.82, 2.24) is 30.2 Å². The average Bonchev–Trinajstić information content (AvgIpc) is 4.03. The summed E-state index contributed by atoms with van der Waals surface area (Å²) in [5, 5.41) is 21.2. The molecule has 2 aromatic heterocycles. The molecule has 0 saturated carbocycles. The zero-order valence-electron chi connectivity index (χ0n) is 40.3. The summed E-state index contributed by atoms with van der Waals surface area (Å²) < 4.78 is 5.49. The second-order valence-corrected chi connectivity index (χ2v) is 21.0. The van der Waals surface area contributed by atoms with Crippen molar-refractivity contribution in [2.24, 2.45) is 11.8 Å². The summed E-state index contributed by atoms with van der Waals surface area (Å²) in [6, 6.07) is 24.6. The van der Waals surface area contributed by atoms with Crippen LogP contribution in [0, 0.1) is 32.6 Å². The molecule has 0 radical (unpaired) electrons. The number of hydrogen-bond acceptors (Lipinski definition) is 13. The van der Waals surface area contributed by atoms with Crippen LogP contribution in [-0.4, -0.2) is 93.2 Å². The second-order valence-electron chi connectivity index (χ2n) is 18.3. The molecule has 0 atom stereocenters. The summed E-state index contributed by atoms with van der Waals surface area (Å²) in [4.78, 5) is 61.4. The summed E-state index contributed by atoms with van der Waals surface area (Å²) in [6.45, 7) is 15.3. The molecule has 2 saturated heterocycles. The zero-order chi connectivity index (χ0) is 49.5. The minimum absolute atomic E-state index is 0.191. The van der Waals surface area contributed by atoms with Crippen LogP contribution in [0.4, 0.5) is 10.3 Å². The van der Waals surface area contributed by atoms with Gasteiger partial charge in [-0.05, 0) is 124 Å². The molecule has 0 spiro atoms. The third-order valence-electron chi connectivity index (χ3n) is 13.1. The van der Waals surface area contributed by atoms with Crippen molar-refractivity contribution in [3.63, 3.8) is 0 Å². The van der Waals surface area contributed by atoms with Gasteiger partial charge in [-0.3, -0.25) is 38.8 Å². The first kappa shape index (κ1) is 51.0. The Morgan fingerprint density at radius 1 is 0.643 bits per heavy atom. The van der Waals surface area contributed by atoms with E-state index in [1.165, 1.54) is 28.2 Å². The molecule has 2 amide bonds. The SMILES string of the molecule is CCCCN(C(=O)c1ccccc1Cl)c1nnc(-c2cc(C)c(CN3CC(C(=O)OC(=O)C4CCN(Cc5ccc(-c6nnc(N(CCCC)C(=O)c7ccccc7Cl)s6)c(C)c5)CC4)C3)c(C)c2)s1. The molecule has 2 fully saturated rings. The molecule has 0 aliphatic carbocycles. The van der Waals surface area contributed by atoms with Crippen molar-refractivity contribution in [3.8, 4) is 21.1 Å². The highest BCUT2D eigenvalue weighted by molar-refractivity contribution is 7.19. The van der Waals surface area contributed by atoms with Gasteiger partial charge in [-0.15, -0.1) is 20.4 Å². The van der Waals surface area contributed by atoms with Gasteiger partial charge in [0.2, 0.25) is 10.3 Å². The number of aromatic nitrogens is 4. The van der Waals surface area contributed by atoms with E-state index in [9.17, 15) is 19.2 Å². The van der Waals surface area contributed by atoms with E-state index in [0.29, 0.717) is 77.0 Å². The topological polar surface area (TPSA) is 142 Å². The Labute approximate surface area is 427 Å². The number of unbranched alkanes of at least 4 members (excludes halogenated alkanes) is 2. The van der Waals surface area contributed by atoms with Crippen LogP contribution in [0.15, 0.2) is 78.9 Å². The Hall–Kier alpha value is -5.42. The van der Waals surface area contributed by atoms with Crippen molar-refractivity contribution >= 4 is 79.9 Å². The van der Waals surface area contributed by atoms with E-state index in [1.807, 2.05) is 0 Å². The van der Waals surface area contributed by atoms with Crippen molar-refractivity contribution < 1.29 is 23.9 Å². The Kier molecular flexibility index (Phi) is 16.9. The molecule has 2 aliphatic rings. The van der Waals surface area contributed by atoms with Gasteiger partial charge in [0.05, 0.1) is 33.0 Å². The number of aryl methyl sites for hydroxylation is 3. The van der Waals surface area contributed by atoms with Crippen molar-refractivity contribution in [3.05, 3.63) is 128 Å². The largest absolute Gasteiger partial charge is 0.393 e. The predicted octanol–water partition coefficient (Wildman–Crippen LogP) is 11.3. The number of amides is 2. The maximum Gasteiger partial charge on any atom is 0.319 e. The maximum absolute atomic E-state index is 13.6. The zero-order valence-corrected chi connectivity index (χ0v) is 43.4. The van der Waals surface area contributed by atoms with Crippen LogP contribution in [0.3, 0.4) is 0 Å². The van der Waals surface area contributed by atoms with Crippen LogP contribution in [0.2, 0.25) is 10.0 Å². The fourth-order valence-electron chi connectivity index (χ4n) is 8.99. The number of carbonyl (C=O) groups excluding carboxylic acids is 4. The predicted molar refractivity (Wildman–Crippen MR) is 279 cm³/mol. The number of ether oxygens (including phenoxy) is 1. The third-order valence-corrected chi connectivity index (χ3v) is 15.8. The number of anilines is 2. The highest BCUT2D eigenvalue weighted by atomic mass is 35.5. The first-order valence-corrected chi connectivity index (χ1v) is 26.4. The molecule has 0 unspecified atom stereocenters. The molecule has 70 heavy (non-hydrogen) atoms. The lowest BCUT2D eigenvalue weighted by molar-refractivity contribution is -0.170. The van der Waals surface area contributed by atoms with Crippen LogP contribution < -0.4 is 9.80 Å². The molecule has 0 N–H and O–H groups in total. The number of nitrogens with zero attached hydrogens (tertiary/aromatic N) is 8. The fraction of sp³-hybridized carbons (Fsp3) is 0.396. The summed E-state index contributed by atoms with van der Waals surface area (Å²) in [6.07, 6.45) is 4.73. The van der Waals surface area contributed by atoms with E-state index in [4.69, 9.17) is 27.9 Å². The molecule has 0 bridgehead atoms. The number of esters is 2. The summed E-state index contributed by atoms with van der Waals surface area (Å²) in [5.41, 5.74) is 8.34. The highest BCUT2D eigenvalue weighted by Crippen LogP contribution is 2.36. The molecule has 4 heterocycles. The normalized spacial score (nSPS) is 14.6.